The number of hydrogen-bond acceptors (Lipinski definition) is 7. The average Bonchev–Trinajstić information content (AvgIpc) is 2.90. The van der Waals surface area contributed by atoms with Crippen LogP contribution in [0.2, 0.25) is 0 Å². The van der Waals surface area contributed by atoms with Gasteiger partial charge in [0.15, 0.2) is 17.3 Å². The van der Waals surface area contributed by atoms with Gasteiger partial charge in [0.2, 0.25) is 11.8 Å². The number of rotatable bonds is 3. The molecule has 1 saturated heterocycles. The molecule has 9 heteroatoms. The zero-order chi connectivity index (χ0) is 14.1. The third kappa shape index (κ3) is 2.14. The fourth-order valence-corrected chi connectivity index (χ4v) is 2.09. The van der Waals surface area contributed by atoms with Crippen LogP contribution >= 0.6 is 0 Å². The molecule has 0 radical (unpaired) electrons. The molecule has 0 aliphatic carbocycles. The van der Waals surface area contributed by atoms with Crippen LogP contribution in [0.1, 0.15) is 12.8 Å². The number of hydrazine groups is 1. The predicted molar refractivity (Wildman–Crippen MR) is 70.6 cm³/mol. The zero-order valence-corrected chi connectivity index (χ0v) is 10.5. The van der Waals surface area contributed by atoms with Crippen LogP contribution in [0.5, 0.6) is 0 Å². The first-order valence-corrected chi connectivity index (χ1v) is 6.08. The molecule has 1 unspecified atom stereocenters. The maximum absolute atomic E-state index is 11.7. The highest BCUT2D eigenvalue weighted by Crippen LogP contribution is 2.18. The van der Waals surface area contributed by atoms with Crippen LogP contribution in [0.25, 0.3) is 5.65 Å². The molecule has 5 N–H and O–H groups in total. The number of carbonyl (C=O) groups is 2. The summed E-state index contributed by atoms with van der Waals surface area (Å²) >= 11 is 0. The van der Waals surface area contributed by atoms with Crippen LogP contribution in [0.3, 0.4) is 0 Å². The fraction of sp³-hybridized carbons (Fsp3) is 0.273. The zero-order valence-electron chi connectivity index (χ0n) is 10.5. The second-order valence-electron chi connectivity index (χ2n) is 4.43. The Hall–Kier alpha value is -2.68. The van der Waals surface area contributed by atoms with Crippen molar-refractivity contribution in [1.82, 2.24) is 19.7 Å². The lowest BCUT2D eigenvalue weighted by molar-refractivity contribution is -0.133. The monoisotopic (exact) mass is 275 g/mol. The van der Waals surface area contributed by atoms with Crippen molar-refractivity contribution >= 4 is 29.1 Å². The topological polar surface area (TPSA) is 126 Å². The van der Waals surface area contributed by atoms with Gasteiger partial charge in [0, 0.05) is 18.8 Å². The summed E-state index contributed by atoms with van der Waals surface area (Å²) in [5, 5.41) is 5.29. The van der Waals surface area contributed by atoms with Crippen molar-refractivity contribution < 1.29 is 9.59 Å². The maximum Gasteiger partial charge on any atom is 0.249 e. The summed E-state index contributed by atoms with van der Waals surface area (Å²) in [6.07, 6.45) is 5.75. The highest BCUT2D eigenvalue weighted by molar-refractivity contribution is 6.01. The number of nitrogens with one attached hydrogen (secondary N) is 3. The van der Waals surface area contributed by atoms with Gasteiger partial charge in [-0.25, -0.2) is 15.8 Å². The molecule has 3 heterocycles. The van der Waals surface area contributed by atoms with Crippen molar-refractivity contribution in [2.45, 2.75) is 18.9 Å². The van der Waals surface area contributed by atoms with Crippen LogP contribution in [0, 0.1) is 0 Å². The van der Waals surface area contributed by atoms with E-state index in [1.807, 2.05) is 0 Å². The van der Waals surface area contributed by atoms with Gasteiger partial charge in [0.1, 0.15) is 6.04 Å². The van der Waals surface area contributed by atoms with Gasteiger partial charge in [-0.05, 0) is 6.42 Å². The van der Waals surface area contributed by atoms with Crippen molar-refractivity contribution in [2.24, 2.45) is 5.84 Å². The van der Waals surface area contributed by atoms with E-state index in [1.54, 1.807) is 23.0 Å². The quantitative estimate of drug-likeness (QED) is 0.329. The second-order valence-corrected chi connectivity index (χ2v) is 4.43. The highest BCUT2D eigenvalue weighted by Gasteiger charge is 2.27. The first-order chi connectivity index (χ1) is 9.67. The van der Waals surface area contributed by atoms with E-state index >= 15 is 0 Å². The molecule has 0 spiro atoms. The first kappa shape index (κ1) is 12.4. The SMILES string of the molecule is NNc1cn2ccnc2c(NC2CCC(=O)NC2=O)n1. The Morgan fingerprint density at radius 1 is 1.45 bits per heavy atom. The first-order valence-electron chi connectivity index (χ1n) is 6.08. The van der Waals surface area contributed by atoms with E-state index in [1.165, 1.54) is 0 Å². The van der Waals surface area contributed by atoms with Gasteiger partial charge in [-0.15, -0.1) is 0 Å². The number of nitrogens with zero attached hydrogens (tertiary/aromatic N) is 3. The molecule has 3 rings (SSSR count). The van der Waals surface area contributed by atoms with Crippen molar-refractivity contribution in [3.05, 3.63) is 18.6 Å². The summed E-state index contributed by atoms with van der Waals surface area (Å²) in [6, 6.07) is -0.520. The molecule has 1 atom stereocenters. The normalized spacial score (nSPS) is 18.9. The molecule has 9 nitrogen and oxygen atoms in total. The number of hydrogen-bond donors (Lipinski definition) is 4. The Morgan fingerprint density at radius 2 is 2.30 bits per heavy atom. The molecule has 1 aliphatic heterocycles. The third-order valence-electron chi connectivity index (χ3n) is 3.07. The van der Waals surface area contributed by atoms with Crippen LogP contribution in [0.15, 0.2) is 18.6 Å². The summed E-state index contributed by atoms with van der Waals surface area (Å²) in [7, 11) is 0. The van der Waals surface area contributed by atoms with Crippen LogP contribution in [-0.4, -0.2) is 32.2 Å². The molecule has 2 aromatic heterocycles. The van der Waals surface area contributed by atoms with Gasteiger partial charge in [-0.1, -0.05) is 0 Å². The number of nitrogens with two attached hydrogens (primary N) is 1. The molecule has 2 aromatic rings. The second kappa shape index (κ2) is 4.78. The van der Waals surface area contributed by atoms with E-state index in [-0.39, 0.29) is 11.8 Å². The van der Waals surface area contributed by atoms with Crippen LogP contribution in [-0.2, 0) is 9.59 Å². The van der Waals surface area contributed by atoms with Gasteiger partial charge in [0.05, 0.1) is 6.20 Å². The molecular formula is C11H13N7O2. The largest absolute Gasteiger partial charge is 0.355 e. The summed E-state index contributed by atoms with van der Waals surface area (Å²) in [4.78, 5) is 31.3. The van der Waals surface area contributed by atoms with E-state index < -0.39 is 6.04 Å². The Bertz CT molecular complexity index is 680. The standard InChI is InChI=1S/C11H13N7O2/c12-17-7-5-18-4-3-13-10(18)9(15-7)14-6-1-2-8(19)16-11(6)20/h3-6,17H,1-2,12H2,(H,14,15)(H,16,19,20). The number of carbonyl (C=O) groups excluding carboxylic acids is 2. The maximum atomic E-state index is 11.7. The number of imidazole rings is 1. The fourth-order valence-electron chi connectivity index (χ4n) is 2.09. The van der Waals surface area contributed by atoms with E-state index in [4.69, 9.17) is 5.84 Å². The summed E-state index contributed by atoms with van der Waals surface area (Å²) in [5.74, 6) is 5.60. The lowest BCUT2D eigenvalue weighted by Gasteiger charge is -2.22. The predicted octanol–water partition coefficient (Wildman–Crippen LogP) is -0.768. The molecule has 2 amide bonds. The molecule has 1 aliphatic rings. The Labute approximate surface area is 113 Å². The summed E-state index contributed by atoms with van der Waals surface area (Å²) < 4.78 is 1.73. The van der Waals surface area contributed by atoms with E-state index in [2.05, 4.69) is 26.0 Å². The Balaban J connectivity index is 1.91. The van der Waals surface area contributed by atoms with Gasteiger partial charge < -0.3 is 15.1 Å². The van der Waals surface area contributed by atoms with E-state index in [0.29, 0.717) is 30.1 Å². The number of aromatic nitrogens is 3. The molecule has 104 valence electrons. The van der Waals surface area contributed by atoms with Gasteiger partial charge in [-0.2, -0.15) is 0 Å². The molecular weight excluding hydrogens is 262 g/mol. The van der Waals surface area contributed by atoms with Crippen molar-refractivity contribution in [2.75, 3.05) is 10.7 Å². The third-order valence-corrected chi connectivity index (χ3v) is 3.07. The van der Waals surface area contributed by atoms with E-state index in [0.717, 1.165) is 0 Å². The lowest BCUT2D eigenvalue weighted by Crippen LogP contribution is -2.47. The minimum Gasteiger partial charge on any atom is -0.355 e. The number of amides is 2. The number of piperidine rings is 1. The molecule has 0 bridgehead atoms. The number of fused-ring (bicyclic) bond motifs is 1. The smallest absolute Gasteiger partial charge is 0.249 e. The number of imide groups is 1. The van der Waals surface area contributed by atoms with Crippen molar-refractivity contribution in [3.63, 3.8) is 0 Å². The summed E-state index contributed by atoms with van der Waals surface area (Å²) in [5.41, 5.74) is 3.03. The molecule has 0 aromatic carbocycles. The summed E-state index contributed by atoms with van der Waals surface area (Å²) in [6.45, 7) is 0. The Kier molecular flexibility index (Phi) is 2.95. The molecule has 1 fully saturated rings. The van der Waals surface area contributed by atoms with Crippen LogP contribution < -0.4 is 21.9 Å². The number of nitrogen functional groups attached to an aromatic ring is 1. The lowest BCUT2D eigenvalue weighted by atomic mass is 10.1. The van der Waals surface area contributed by atoms with Crippen molar-refractivity contribution in [3.8, 4) is 0 Å². The van der Waals surface area contributed by atoms with Crippen LogP contribution in [0.4, 0.5) is 11.6 Å². The average molecular weight is 275 g/mol. The van der Waals surface area contributed by atoms with Gasteiger partial charge >= 0.3 is 0 Å². The van der Waals surface area contributed by atoms with Gasteiger partial charge in [0.25, 0.3) is 0 Å². The van der Waals surface area contributed by atoms with Gasteiger partial charge in [-0.3, -0.25) is 14.9 Å². The number of anilines is 2. The van der Waals surface area contributed by atoms with E-state index in [9.17, 15) is 9.59 Å². The minimum absolute atomic E-state index is 0.260. The highest BCUT2D eigenvalue weighted by atomic mass is 16.2. The molecule has 20 heavy (non-hydrogen) atoms. The molecule has 0 saturated carbocycles. The van der Waals surface area contributed by atoms with Crippen molar-refractivity contribution in [1.29, 1.82) is 0 Å². The Morgan fingerprint density at radius 3 is 3.05 bits per heavy atom. The minimum atomic E-state index is -0.520.